The Labute approximate surface area is 117 Å². The molecule has 0 radical (unpaired) electrons. The molecule has 1 aromatic heterocycles. The molecule has 0 aliphatic rings. The van der Waals surface area contributed by atoms with Crippen LogP contribution in [-0.4, -0.2) is 23.5 Å². The highest BCUT2D eigenvalue weighted by molar-refractivity contribution is 5.66. The van der Waals surface area contributed by atoms with Gasteiger partial charge in [-0.3, -0.25) is 15.1 Å². The van der Waals surface area contributed by atoms with Gasteiger partial charge in [-0.25, -0.2) is 0 Å². The number of aromatic nitrogens is 1. The van der Waals surface area contributed by atoms with E-state index >= 15 is 0 Å². The molecule has 0 aliphatic heterocycles. The van der Waals surface area contributed by atoms with Crippen LogP contribution in [0.5, 0.6) is 0 Å². The van der Waals surface area contributed by atoms with Crippen LogP contribution in [0.1, 0.15) is 5.69 Å². The molecule has 0 fully saturated rings. The number of nitrogen functional groups attached to an aromatic ring is 1. The highest BCUT2D eigenvalue weighted by Gasteiger charge is 2.12. The van der Waals surface area contributed by atoms with Gasteiger partial charge in [0, 0.05) is 43.7 Å². The van der Waals surface area contributed by atoms with E-state index in [4.69, 9.17) is 5.73 Å². The molecule has 1 heterocycles. The van der Waals surface area contributed by atoms with Crippen molar-refractivity contribution in [2.24, 2.45) is 0 Å². The van der Waals surface area contributed by atoms with E-state index in [9.17, 15) is 10.1 Å². The van der Waals surface area contributed by atoms with Gasteiger partial charge < -0.3 is 10.6 Å². The van der Waals surface area contributed by atoms with Crippen LogP contribution in [0.3, 0.4) is 0 Å². The van der Waals surface area contributed by atoms with Crippen molar-refractivity contribution in [1.82, 2.24) is 4.98 Å². The lowest BCUT2D eigenvalue weighted by atomic mass is 10.2. The average molecular weight is 272 g/mol. The van der Waals surface area contributed by atoms with Gasteiger partial charge in [0.05, 0.1) is 4.92 Å². The molecule has 2 N–H and O–H groups in total. The summed E-state index contributed by atoms with van der Waals surface area (Å²) in [5, 5.41) is 10.7. The lowest BCUT2D eigenvalue weighted by Gasteiger charge is -2.19. The Kier molecular flexibility index (Phi) is 4.14. The molecule has 0 bridgehead atoms. The van der Waals surface area contributed by atoms with Crippen LogP contribution >= 0.6 is 0 Å². The van der Waals surface area contributed by atoms with Crippen molar-refractivity contribution in [1.29, 1.82) is 0 Å². The fourth-order valence-electron chi connectivity index (χ4n) is 1.90. The van der Waals surface area contributed by atoms with Crippen LogP contribution in [0.4, 0.5) is 17.1 Å². The van der Waals surface area contributed by atoms with Gasteiger partial charge in [0.1, 0.15) is 5.69 Å². The van der Waals surface area contributed by atoms with Crippen molar-refractivity contribution in [3.63, 3.8) is 0 Å². The Balaban J connectivity index is 2.04. The summed E-state index contributed by atoms with van der Waals surface area (Å²) in [5.74, 6) is 0. The Hall–Kier alpha value is -2.63. The highest BCUT2D eigenvalue weighted by atomic mass is 16.6. The van der Waals surface area contributed by atoms with Gasteiger partial charge >= 0.3 is 0 Å². The van der Waals surface area contributed by atoms with Gasteiger partial charge in [-0.1, -0.05) is 6.07 Å². The minimum absolute atomic E-state index is 0.0631. The summed E-state index contributed by atoms with van der Waals surface area (Å²) in [7, 11) is 1.92. The molecule has 0 spiro atoms. The van der Waals surface area contributed by atoms with Crippen molar-refractivity contribution in [3.8, 4) is 0 Å². The lowest BCUT2D eigenvalue weighted by Crippen LogP contribution is -2.20. The molecule has 0 unspecified atom stereocenters. The Bertz CT molecular complexity index is 601. The molecule has 2 aromatic rings. The molecule has 6 heteroatoms. The number of nitrogens with zero attached hydrogens (tertiary/aromatic N) is 3. The average Bonchev–Trinajstić information content (AvgIpc) is 2.45. The van der Waals surface area contributed by atoms with Crippen molar-refractivity contribution in [2.75, 3.05) is 24.2 Å². The normalized spacial score (nSPS) is 10.2. The van der Waals surface area contributed by atoms with E-state index in [-0.39, 0.29) is 11.4 Å². The zero-order chi connectivity index (χ0) is 14.5. The van der Waals surface area contributed by atoms with Crippen molar-refractivity contribution < 1.29 is 4.92 Å². The maximum absolute atomic E-state index is 10.7. The van der Waals surface area contributed by atoms with Crippen LogP contribution < -0.4 is 10.6 Å². The summed E-state index contributed by atoms with van der Waals surface area (Å²) in [6.07, 6.45) is 2.56. The van der Waals surface area contributed by atoms with Gasteiger partial charge in [0.15, 0.2) is 0 Å². The number of hydrogen-bond acceptors (Lipinski definition) is 5. The molecule has 6 nitrogen and oxygen atoms in total. The number of hydrogen-bond donors (Lipinski definition) is 1. The summed E-state index contributed by atoms with van der Waals surface area (Å²) >= 11 is 0. The SMILES string of the molecule is CN(CCc1ccccn1)c1ccc([N+](=O)[O-])c(N)c1. The molecule has 0 amide bonds. The number of pyridine rings is 1. The standard InChI is InChI=1S/C14H16N4O2/c1-17(9-7-11-4-2-3-8-16-11)12-5-6-14(18(19)20)13(15)10-12/h2-6,8,10H,7,9,15H2,1H3. The molecule has 0 saturated carbocycles. The van der Waals surface area contributed by atoms with Crippen LogP contribution in [0.25, 0.3) is 0 Å². The summed E-state index contributed by atoms with van der Waals surface area (Å²) in [4.78, 5) is 16.5. The second kappa shape index (κ2) is 6.01. The molecular formula is C14H16N4O2. The zero-order valence-electron chi connectivity index (χ0n) is 11.2. The first-order valence-electron chi connectivity index (χ1n) is 6.23. The Morgan fingerprint density at radius 2 is 2.15 bits per heavy atom. The van der Waals surface area contributed by atoms with Crippen LogP contribution in [0.2, 0.25) is 0 Å². The molecule has 2 rings (SSSR count). The Morgan fingerprint density at radius 1 is 1.35 bits per heavy atom. The number of likely N-dealkylation sites (N-methyl/N-ethyl adjacent to an activating group) is 1. The van der Waals surface area contributed by atoms with Crippen LogP contribution in [0.15, 0.2) is 42.6 Å². The third kappa shape index (κ3) is 3.23. The van der Waals surface area contributed by atoms with Gasteiger partial charge in [-0.2, -0.15) is 0 Å². The summed E-state index contributed by atoms with van der Waals surface area (Å²) in [6, 6.07) is 10.6. The minimum Gasteiger partial charge on any atom is -0.393 e. The van der Waals surface area contributed by atoms with Crippen LogP contribution in [0, 0.1) is 10.1 Å². The second-order valence-electron chi connectivity index (χ2n) is 4.49. The number of anilines is 2. The largest absolute Gasteiger partial charge is 0.393 e. The lowest BCUT2D eigenvalue weighted by molar-refractivity contribution is -0.383. The number of nitro groups is 1. The Morgan fingerprint density at radius 3 is 2.75 bits per heavy atom. The van der Waals surface area contributed by atoms with Crippen molar-refractivity contribution in [3.05, 3.63) is 58.4 Å². The number of benzene rings is 1. The quantitative estimate of drug-likeness (QED) is 0.512. The maximum Gasteiger partial charge on any atom is 0.292 e. The molecular weight excluding hydrogens is 256 g/mol. The molecule has 20 heavy (non-hydrogen) atoms. The third-order valence-electron chi connectivity index (χ3n) is 3.08. The molecule has 104 valence electrons. The predicted molar refractivity (Wildman–Crippen MR) is 78.7 cm³/mol. The summed E-state index contributed by atoms with van der Waals surface area (Å²) in [5.41, 5.74) is 7.66. The highest BCUT2D eigenvalue weighted by Crippen LogP contribution is 2.26. The van der Waals surface area contributed by atoms with Crippen molar-refractivity contribution in [2.45, 2.75) is 6.42 Å². The first-order valence-corrected chi connectivity index (χ1v) is 6.23. The van der Waals surface area contributed by atoms with E-state index in [0.29, 0.717) is 0 Å². The van der Waals surface area contributed by atoms with Gasteiger partial charge in [-0.05, 0) is 24.3 Å². The fraction of sp³-hybridized carbons (Fsp3) is 0.214. The number of rotatable bonds is 5. The molecule has 0 aliphatic carbocycles. The molecule has 0 atom stereocenters. The zero-order valence-corrected chi connectivity index (χ0v) is 11.2. The number of nitrogens with two attached hydrogens (primary N) is 1. The van der Waals surface area contributed by atoms with E-state index < -0.39 is 4.92 Å². The van der Waals surface area contributed by atoms with E-state index in [1.807, 2.05) is 30.1 Å². The smallest absolute Gasteiger partial charge is 0.292 e. The van der Waals surface area contributed by atoms with E-state index in [2.05, 4.69) is 4.98 Å². The van der Waals surface area contributed by atoms with E-state index in [0.717, 1.165) is 24.3 Å². The monoisotopic (exact) mass is 272 g/mol. The van der Waals surface area contributed by atoms with E-state index in [1.165, 1.54) is 6.07 Å². The summed E-state index contributed by atoms with van der Waals surface area (Å²) < 4.78 is 0. The van der Waals surface area contributed by atoms with Gasteiger partial charge in [-0.15, -0.1) is 0 Å². The van der Waals surface area contributed by atoms with Gasteiger partial charge in [0.25, 0.3) is 5.69 Å². The molecule has 1 aromatic carbocycles. The van der Waals surface area contributed by atoms with E-state index in [1.54, 1.807) is 18.3 Å². The minimum atomic E-state index is -0.479. The third-order valence-corrected chi connectivity index (χ3v) is 3.08. The van der Waals surface area contributed by atoms with Crippen molar-refractivity contribution >= 4 is 17.1 Å². The maximum atomic E-state index is 10.7. The predicted octanol–water partition coefficient (Wildman–Crippen LogP) is 2.25. The summed E-state index contributed by atoms with van der Waals surface area (Å²) in [6.45, 7) is 0.758. The topological polar surface area (TPSA) is 85.3 Å². The van der Waals surface area contributed by atoms with Gasteiger partial charge in [0.2, 0.25) is 0 Å². The van der Waals surface area contributed by atoms with Crippen LogP contribution in [-0.2, 0) is 6.42 Å². The second-order valence-corrected chi connectivity index (χ2v) is 4.49. The molecule has 0 saturated heterocycles. The fourth-order valence-corrected chi connectivity index (χ4v) is 1.90. The first-order chi connectivity index (χ1) is 9.58. The number of nitro benzene ring substituents is 1. The first kappa shape index (κ1) is 13.8.